The highest BCUT2D eigenvalue weighted by Gasteiger charge is 2.32. The molecule has 0 aliphatic heterocycles. The van der Waals surface area contributed by atoms with E-state index in [2.05, 4.69) is 12.1 Å². The molecule has 0 unspecified atom stereocenters. The minimum absolute atomic E-state index is 0.361. The summed E-state index contributed by atoms with van der Waals surface area (Å²) in [6.07, 6.45) is -9.05. The highest BCUT2D eigenvalue weighted by atomic mass is 19.4. The van der Waals surface area contributed by atoms with Crippen molar-refractivity contribution in [2.45, 2.75) is 26.2 Å². The number of aromatic nitrogens is 2. The zero-order chi connectivity index (χ0) is 44.7. The predicted molar refractivity (Wildman–Crippen MR) is 240 cm³/mol. The molecule has 0 amide bonds. The minimum Gasteiger partial charge on any atom is -0.308 e. The van der Waals surface area contributed by atoms with Gasteiger partial charge in [0.05, 0.1) is 55.7 Å². The summed E-state index contributed by atoms with van der Waals surface area (Å²) >= 11 is 0. The molecule has 4 nitrogen and oxygen atoms in total. The Morgan fingerprint density at radius 1 is 0.375 bits per heavy atom. The van der Waals surface area contributed by atoms with E-state index in [0.29, 0.717) is 66.9 Å². The second kappa shape index (κ2) is 14.8. The fourth-order valence-electron chi connectivity index (χ4n) is 9.03. The number of fused-ring (bicyclic) bond motifs is 6. The molecule has 0 radical (unpaired) electrons. The lowest BCUT2D eigenvalue weighted by Gasteiger charge is -2.16. The lowest BCUT2D eigenvalue weighted by atomic mass is 9.98. The van der Waals surface area contributed by atoms with E-state index in [0.717, 1.165) is 68.0 Å². The molecule has 10 rings (SSSR count). The van der Waals surface area contributed by atoms with E-state index in [1.165, 1.54) is 0 Å². The minimum atomic E-state index is -4.52. The Bertz CT molecular complexity index is 3410. The lowest BCUT2D eigenvalue weighted by molar-refractivity contribution is -0.138. The zero-order valence-corrected chi connectivity index (χ0v) is 34.1. The number of rotatable bonds is 5. The molecule has 0 fully saturated rings. The van der Waals surface area contributed by atoms with Gasteiger partial charge in [0.15, 0.2) is 0 Å². The molecule has 2 aromatic heterocycles. The monoisotopic (exact) mass is 850 g/mol. The van der Waals surface area contributed by atoms with Crippen molar-refractivity contribution >= 4 is 43.6 Å². The Balaban J connectivity index is 1.17. The smallest absolute Gasteiger partial charge is 0.308 e. The number of nitriles is 2. The van der Waals surface area contributed by atoms with Gasteiger partial charge in [0.2, 0.25) is 0 Å². The Morgan fingerprint density at radius 3 is 1.12 bits per heavy atom. The fourth-order valence-corrected chi connectivity index (χ4v) is 9.03. The molecule has 10 aromatic rings. The van der Waals surface area contributed by atoms with Gasteiger partial charge < -0.3 is 9.13 Å². The summed E-state index contributed by atoms with van der Waals surface area (Å²) in [6, 6.07) is 50.1. The third-order valence-corrected chi connectivity index (χ3v) is 11.9. The summed E-state index contributed by atoms with van der Waals surface area (Å²) in [7, 11) is 0. The third-order valence-electron chi connectivity index (χ3n) is 11.9. The molecule has 0 atom stereocenters. The van der Waals surface area contributed by atoms with Crippen molar-refractivity contribution in [3.8, 4) is 56.9 Å². The van der Waals surface area contributed by atoms with Gasteiger partial charge in [0.25, 0.3) is 0 Å². The number of nitrogens with zero attached hydrogens (tertiary/aromatic N) is 4. The number of para-hydroxylation sites is 2. The van der Waals surface area contributed by atoms with Gasteiger partial charge in [-0.2, -0.15) is 36.9 Å². The SMILES string of the molecule is Cc1cc(-c2ccc3c4ccccc4n(-c4cc(-c5ccc(C#N)c(-n6c7ccccc7c7ccc(-c8cc(C)cc(C(F)(F)F)c8)cc76)c5)ccc4C#N)c3c2)cc(C(F)(F)F)c1. The molecule has 0 saturated heterocycles. The first-order valence-corrected chi connectivity index (χ1v) is 20.2. The molecule has 2 heterocycles. The molecule has 8 aromatic carbocycles. The van der Waals surface area contributed by atoms with E-state index >= 15 is 0 Å². The number of benzene rings is 8. The molecule has 0 bridgehead atoms. The van der Waals surface area contributed by atoms with Crippen molar-refractivity contribution in [3.63, 3.8) is 0 Å². The second-order valence-corrected chi connectivity index (χ2v) is 16.0. The van der Waals surface area contributed by atoms with Crippen molar-refractivity contribution in [1.82, 2.24) is 9.13 Å². The van der Waals surface area contributed by atoms with Crippen LogP contribution < -0.4 is 0 Å². The summed E-state index contributed by atoms with van der Waals surface area (Å²) in [4.78, 5) is 0. The summed E-state index contributed by atoms with van der Waals surface area (Å²) in [5.74, 6) is 0. The Hall–Kier alpha value is -8.08. The molecular formula is C54H32F6N4. The van der Waals surface area contributed by atoms with E-state index in [1.54, 1.807) is 38.1 Å². The zero-order valence-electron chi connectivity index (χ0n) is 34.1. The van der Waals surface area contributed by atoms with Crippen LogP contribution in [0.5, 0.6) is 0 Å². The van der Waals surface area contributed by atoms with Gasteiger partial charge in [0, 0.05) is 21.5 Å². The lowest BCUT2D eigenvalue weighted by Crippen LogP contribution is -2.05. The van der Waals surface area contributed by atoms with Crippen LogP contribution >= 0.6 is 0 Å². The van der Waals surface area contributed by atoms with Gasteiger partial charge in [0.1, 0.15) is 12.1 Å². The van der Waals surface area contributed by atoms with E-state index in [9.17, 15) is 36.9 Å². The number of halogens is 6. The molecule has 0 spiro atoms. The summed E-state index contributed by atoms with van der Waals surface area (Å²) in [5, 5.41) is 24.6. The van der Waals surface area contributed by atoms with Crippen molar-refractivity contribution in [3.05, 3.63) is 191 Å². The summed E-state index contributed by atoms with van der Waals surface area (Å²) in [5.41, 5.74) is 7.67. The molecule has 0 aliphatic carbocycles. The van der Waals surface area contributed by atoms with Crippen molar-refractivity contribution < 1.29 is 26.3 Å². The Morgan fingerprint density at radius 2 is 0.734 bits per heavy atom. The van der Waals surface area contributed by atoms with Crippen LogP contribution in [-0.4, -0.2) is 9.13 Å². The normalized spacial score (nSPS) is 12.0. The molecule has 0 aliphatic rings. The highest BCUT2D eigenvalue weighted by Crippen LogP contribution is 2.41. The maximum Gasteiger partial charge on any atom is 0.416 e. The van der Waals surface area contributed by atoms with E-state index in [4.69, 9.17) is 0 Å². The van der Waals surface area contributed by atoms with Crippen LogP contribution in [0.2, 0.25) is 0 Å². The molecule has 64 heavy (non-hydrogen) atoms. The van der Waals surface area contributed by atoms with Crippen LogP contribution in [0.25, 0.3) is 88.4 Å². The average Bonchev–Trinajstić information content (AvgIpc) is 3.79. The Labute approximate surface area is 362 Å². The Kier molecular flexibility index (Phi) is 9.25. The second-order valence-electron chi connectivity index (χ2n) is 16.0. The van der Waals surface area contributed by atoms with Crippen LogP contribution in [-0.2, 0) is 12.4 Å². The van der Waals surface area contributed by atoms with Crippen molar-refractivity contribution in [2.75, 3.05) is 0 Å². The van der Waals surface area contributed by atoms with Crippen LogP contribution in [0.3, 0.4) is 0 Å². The quantitative estimate of drug-likeness (QED) is 0.162. The molecule has 310 valence electrons. The number of alkyl halides is 6. The standard InChI is InChI=1S/C54H32F6N4/c1-31-19-39(23-41(21-31)53(55,56)57)35-15-17-45-43-7-3-5-9-47(43)63(51(45)27-35)49-25-33(11-13-37(49)29-61)34-12-14-38(30-62)50(26-34)64-48-10-6-4-8-44(48)46-18-16-36(28-52(46)64)40-20-32(2)22-42(24-40)54(58,59)60/h3-28H,1-2H3. The molecule has 0 N–H and O–H groups in total. The number of hydrogen-bond donors (Lipinski definition) is 0. The number of aryl methyl sites for hydroxylation is 2. The first-order valence-electron chi connectivity index (χ1n) is 20.2. The fraction of sp³-hybridized carbons (Fsp3) is 0.0741. The van der Waals surface area contributed by atoms with E-state index in [1.807, 2.05) is 118 Å². The predicted octanol–water partition coefficient (Wildman–Crippen LogP) is 15.3. The van der Waals surface area contributed by atoms with Crippen LogP contribution in [0.4, 0.5) is 26.3 Å². The molecule has 10 heteroatoms. The van der Waals surface area contributed by atoms with Gasteiger partial charge in [-0.25, -0.2) is 0 Å². The first kappa shape index (κ1) is 40.0. The van der Waals surface area contributed by atoms with Gasteiger partial charge in [-0.1, -0.05) is 84.9 Å². The maximum atomic E-state index is 13.9. The van der Waals surface area contributed by atoms with Gasteiger partial charge >= 0.3 is 12.4 Å². The third kappa shape index (κ3) is 6.72. The number of hydrogen-bond acceptors (Lipinski definition) is 2. The highest BCUT2D eigenvalue weighted by molar-refractivity contribution is 6.11. The van der Waals surface area contributed by atoms with Crippen LogP contribution in [0, 0.1) is 36.5 Å². The first-order chi connectivity index (χ1) is 30.7. The van der Waals surface area contributed by atoms with E-state index < -0.39 is 23.5 Å². The summed E-state index contributed by atoms with van der Waals surface area (Å²) < 4.78 is 87.6. The molecular weight excluding hydrogens is 819 g/mol. The average molecular weight is 851 g/mol. The van der Waals surface area contributed by atoms with Crippen molar-refractivity contribution in [1.29, 1.82) is 10.5 Å². The van der Waals surface area contributed by atoms with E-state index in [-0.39, 0.29) is 0 Å². The van der Waals surface area contributed by atoms with Gasteiger partial charge in [-0.05, 0) is 131 Å². The van der Waals surface area contributed by atoms with Crippen molar-refractivity contribution in [2.24, 2.45) is 0 Å². The van der Waals surface area contributed by atoms with Gasteiger partial charge in [-0.3, -0.25) is 0 Å². The molecule has 0 saturated carbocycles. The largest absolute Gasteiger partial charge is 0.416 e. The van der Waals surface area contributed by atoms with Crippen LogP contribution in [0.15, 0.2) is 158 Å². The topological polar surface area (TPSA) is 57.4 Å². The maximum absolute atomic E-state index is 13.9. The van der Waals surface area contributed by atoms with Crippen LogP contribution in [0.1, 0.15) is 33.4 Å². The van der Waals surface area contributed by atoms with Gasteiger partial charge in [-0.15, -0.1) is 0 Å². The summed E-state index contributed by atoms with van der Waals surface area (Å²) in [6.45, 7) is 3.26.